The zero-order chi connectivity index (χ0) is 25.8. The second kappa shape index (κ2) is 8.99. The van der Waals surface area contributed by atoms with Crippen molar-refractivity contribution in [1.29, 1.82) is 0 Å². The predicted molar refractivity (Wildman–Crippen MR) is 141 cm³/mol. The van der Waals surface area contributed by atoms with Gasteiger partial charge in [0, 0.05) is 33.0 Å². The minimum atomic E-state index is -0.724. The normalized spacial score (nSPS) is 22.1. The fourth-order valence-electron chi connectivity index (χ4n) is 4.70. The monoisotopic (exact) mass is 536 g/mol. The smallest absolute Gasteiger partial charge is 0.286 e. The van der Waals surface area contributed by atoms with Gasteiger partial charge in [-0.3, -0.25) is 19.0 Å². The quantitative estimate of drug-likeness (QED) is 0.339. The van der Waals surface area contributed by atoms with Crippen LogP contribution >= 0.6 is 22.7 Å². The molecule has 11 nitrogen and oxygen atoms in total. The molecule has 2 amide bonds. The van der Waals surface area contributed by atoms with E-state index in [1.54, 1.807) is 12.3 Å². The maximum Gasteiger partial charge on any atom is 0.286 e. The third-order valence-corrected chi connectivity index (χ3v) is 9.03. The lowest BCUT2D eigenvalue weighted by molar-refractivity contribution is -0.124. The van der Waals surface area contributed by atoms with Crippen molar-refractivity contribution in [3.05, 3.63) is 55.6 Å². The number of aromatic nitrogens is 5. The molecule has 0 spiro atoms. The van der Waals surface area contributed by atoms with Gasteiger partial charge in [-0.15, -0.1) is 21.5 Å². The van der Waals surface area contributed by atoms with E-state index in [1.807, 2.05) is 13.0 Å². The van der Waals surface area contributed by atoms with Crippen molar-refractivity contribution in [2.75, 3.05) is 11.1 Å². The third-order valence-electron chi connectivity index (χ3n) is 6.87. The lowest BCUT2D eigenvalue weighted by atomic mass is 10.1. The summed E-state index contributed by atoms with van der Waals surface area (Å²) in [6.07, 6.45) is 4.54. The summed E-state index contributed by atoms with van der Waals surface area (Å²) in [5.41, 5.74) is 5.30. The number of fused-ring (bicyclic) bond motifs is 2. The van der Waals surface area contributed by atoms with Gasteiger partial charge >= 0.3 is 0 Å². The van der Waals surface area contributed by atoms with Crippen molar-refractivity contribution in [2.45, 2.75) is 51.1 Å². The average molecular weight is 537 g/mol. The summed E-state index contributed by atoms with van der Waals surface area (Å²) in [7, 11) is 0. The number of nitrogens with zero attached hydrogens (tertiary/aromatic N) is 5. The van der Waals surface area contributed by atoms with Crippen molar-refractivity contribution in [3.63, 3.8) is 0 Å². The molecule has 4 aromatic rings. The van der Waals surface area contributed by atoms with E-state index in [0.717, 1.165) is 26.4 Å². The number of amides is 2. The number of thiophene rings is 1. The second-order valence-electron chi connectivity index (χ2n) is 9.65. The minimum absolute atomic E-state index is 0.00628. The zero-order valence-electron chi connectivity index (χ0n) is 20.1. The minimum Gasteiger partial charge on any atom is -0.384 e. The lowest BCUT2D eigenvalue weighted by Gasteiger charge is -2.15. The number of nitrogens with one attached hydrogen (secondary N) is 2. The molecule has 4 aromatic heterocycles. The van der Waals surface area contributed by atoms with Gasteiger partial charge < -0.3 is 16.4 Å². The molecule has 1 aliphatic carbocycles. The summed E-state index contributed by atoms with van der Waals surface area (Å²) in [6, 6.07) is 3.04. The van der Waals surface area contributed by atoms with Crippen LogP contribution in [0.2, 0.25) is 0 Å². The number of hydrogen-bond donors (Lipinski definition) is 3. The molecule has 0 radical (unpaired) electrons. The predicted octanol–water partition coefficient (Wildman–Crippen LogP) is 3.03. The van der Waals surface area contributed by atoms with Crippen molar-refractivity contribution >= 4 is 56.1 Å². The van der Waals surface area contributed by atoms with Gasteiger partial charge in [0.25, 0.3) is 11.5 Å². The van der Waals surface area contributed by atoms with E-state index in [0.29, 0.717) is 36.4 Å². The Hall–Kier alpha value is -3.71. The Labute approximate surface area is 219 Å². The van der Waals surface area contributed by atoms with Gasteiger partial charge in [-0.25, -0.2) is 9.97 Å². The molecular weight excluding hydrogens is 512 g/mol. The molecule has 190 valence electrons. The summed E-state index contributed by atoms with van der Waals surface area (Å²) in [4.78, 5) is 48.8. The molecule has 0 aromatic carbocycles. The van der Waals surface area contributed by atoms with Crippen LogP contribution in [0.25, 0.3) is 10.1 Å². The molecular formula is C24H24N8O3S2. The van der Waals surface area contributed by atoms with Crippen LogP contribution in [0.15, 0.2) is 29.3 Å². The van der Waals surface area contributed by atoms with Crippen LogP contribution in [0.5, 0.6) is 0 Å². The van der Waals surface area contributed by atoms with Crippen LogP contribution < -0.4 is 21.9 Å². The molecule has 0 bridgehead atoms. The fraction of sp³-hybridized carbons (Fsp3) is 0.375. The maximum absolute atomic E-state index is 13.4. The van der Waals surface area contributed by atoms with E-state index in [2.05, 4.69) is 37.7 Å². The highest BCUT2D eigenvalue weighted by molar-refractivity contribution is 7.19. The standard InChI is InChI=1S/C24H24N8O3S2/c1-10-3-14(10)22-30-31-23(37-22)21(34)29-15-9-27-19-11(2)4-16(32(19)24(15)35)20(33)28-8-13-5-12-7-26-18(25)6-17(12)36-13/h5-7,9-11,14,16H,3-4,8H2,1-2H3,(H2,25,26)(H,28,33)(H,29,34)/t10?,11-,14?,16+/m1/s1. The summed E-state index contributed by atoms with van der Waals surface area (Å²) < 4.78 is 2.38. The molecule has 0 saturated heterocycles. The number of nitrogen functional groups attached to an aromatic ring is 1. The molecule has 37 heavy (non-hydrogen) atoms. The maximum atomic E-state index is 13.4. The molecule has 4 atom stereocenters. The van der Waals surface area contributed by atoms with Crippen LogP contribution in [0.1, 0.15) is 70.1 Å². The van der Waals surface area contributed by atoms with E-state index in [9.17, 15) is 14.4 Å². The summed E-state index contributed by atoms with van der Waals surface area (Å²) in [6.45, 7) is 4.37. The summed E-state index contributed by atoms with van der Waals surface area (Å²) >= 11 is 2.77. The van der Waals surface area contributed by atoms with Crippen LogP contribution in [0, 0.1) is 5.92 Å². The van der Waals surface area contributed by atoms with Crippen LogP contribution in [-0.4, -0.2) is 36.5 Å². The SMILES string of the molecule is CC1CC1c1nnc(C(=O)Nc2cnc3n(c2=O)[C@H](C(=O)NCc2cc4cnc(N)cc4s2)C[C@H]3C)s1. The Balaban J connectivity index is 1.19. The molecule has 1 fully saturated rings. The first-order valence-corrected chi connectivity index (χ1v) is 13.6. The number of pyridine rings is 1. The molecule has 13 heteroatoms. The van der Waals surface area contributed by atoms with Gasteiger partial charge in [0.15, 0.2) is 0 Å². The molecule has 6 rings (SSSR count). The Bertz CT molecular complexity index is 1610. The van der Waals surface area contributed by atoms with E-state index in [4.69, 9.17) is 5.73 Å². The van der Waals surface area contributed by atoms with E-state index >= 15 is 0 Å². The van der Waals surface area contributed by atoms with Gasteiger partial charge in [-0.1, -0.05) is 25.2 Å². The van der Waals surface area contributed by atoms with E-state index < -0.39 is 17.5 Å². The highest BCUT2D eigenvalue weighted by Crippen LogP contribution is 2.47. The third kappa shape index (κ3) is 4.37. The van der Waals surface area contributed by atoms with Gasteiger partial charge in [0.2, 0.25) is 10.9 Å². The first-order valence-electron chi connectivity index (χ1n) is 12.0. The van der Waals surface area contributed by atoms with Crippen LogP contribution in [-0.2, 0) is 11.3 Å². The number of nitrogens with two attached hydrogens (primary N) is 1. The topological polar surface area (TPSA) is 158 Å². The van der Waals surface area contributed by atoms with Crippen molar-refractivity contribution in [1.82, 2.24) is 30.0 Å². The largest absolute Gasteiger partial charge is 0.384 e. The molecule has 1 saturated carbocycles. The zero-order valence-corrected chi connectivity index (χ0v) is 21.7. The Kier molecular flexibility index (Phi) is 5.75. The van der Waals surface area contributed by atoms with Gasteiger partial charge in [-0.2, -0.15) is 0 Å². The number of rotatable bonds is 6. The highest BCUT2D eigenvalue weighted by Gasteiger charge is 2.38. The Morgan fingerprint density at radius 3 is 2.73 bits per heavy atom. The molecule has 1 aliphatic heterocycles. The second-order valence-corrected chi connectivity index (χ2v) is 11.8. The first-order chi connectivity index (χ1) is 17.8. The molecule has 5 heterocycles. The van der Waals surface area contributed by atoms with Crippen LogP contribution in [0.4, 0.5) is 11.5 Å². The van der Waals surface area contributed by atoms with Crippen molar-refractivity contribution < 1.29 is 9.59 Å². The highest BCUT2D eigenvalue weighted by atomic mass is 32.1. The molecule has 4 N–H and O–H groups in total. The number of anilines is 2. The molecule has 2 aliphatic rings. The van der Waals surface area contributed by atoms with E-state index in [1.165, 1.54) is 33.4 Å². The van der Waals surface area contributed by atoms with Gasteiger partial charge in [0.1, 0.15) is 28.4 Å². The first kappa shape index (κ1) is 23.7. The Morgan fingerprint density at radius 2 is 1.95 bits per heavy atom. The van der Waals surface area contributed by atoms with Gasteiger partial charge in [-0.05, 0) is 30.9 Å². The number of hydrogen-bond acceptors (Lipinski definition) is 10. The van der Waals surface area contributed by atoms with Gasteiger partial charge in [0.05, 0.1) is 12.7 Å². The van der Waals surface area contributed by atoms with Crippen molar-refractivity contribution in [2.24, 2.45) is 5.92 Å². The number of carbonyl (C=O) groups excluding carboxylic acids is 2. The number of carbonyl (C=O) groups is 2. The van der Waals surface area contributed by atoms with E-state index in [-0.39, 0.29) is 22.5 Å². The fourth-order valence-corrected chi connectivity index (χ4v) is 6.71. The van der Waals surface area contributed by atoms with Crippen LogP contribution in [0.3, 0.4) is 0 Å². The summed E-state index contributed by atoms with van der Waals surface area (Å²) in [5.74, 6) is 0.998. The Morgan fingerprint density at radius 1 is 1.14 bits per heavy atom. The average Bonchev–Trinajstić information content (AvgIpc) is 3.24. The summed E-state index contributed by atoms with van der Waals surface area (Å²) in [5, 5.41) is 15.7. The lowest BCUT2D eigenvalue weighted by Crippen LogP contribution is -2.36. The molecule has 2 unspecified atom stereocenters. The van der Waals surface area contributed by atoms with Crippen molar-refractivity contribution in [3.8, 4) is 0 Å².